The molecule has 0 aromatic heterocycles. The molecule has 2 rings (SSSR count). The second-order valence-electron chi connectivity index (χ2n) is 6.71. The van der Waals surface area contributed by atoms with E-state index >= 15 is 0 Å². The summed E-state index contributed by atoms with van der Waals surface area (Å²) in [5.41, 5.74) is 1.06. The number of hydrogen-bond acceptors (Lipinski definition) is 4. The molecule has 23 heavy (non-hydrogen) atoms. The molecule has 1 aromatic carbocycles. The highest BCUT2D eigenvalue weighted by Crippen LogP contribution is 2.19. The summed E-state index contributed by atoms with van der Waals surface area (Å²) < 4.78 is 23.5. The number of sulfone groups is 1. The smallest absolute Gasteiger partial charge is 0.251 e. The normalized spacial score (nSPS) is 19.3. The minimum absolute atomic E-state index is 0.210. The number of aryl methyl sites for hydroxylation is 1. The van der Waals surface area contributed by atoms with Gasteiger partial charge in [-0.25, -0.2) is 8.42 Å². The van der Waals surface area contributed by atoms with E-state index in [1.807, 2.05) is 0 Å². The minimum atomic E-state index is -3.32. The fourth-order valence-electron chi connectivity index (χ4n) is 2.98. The van der Waals surface area contributed by atoms with Crippen molar-refractivity contribution in [1.82, 2.24) is 10.2 Å². The Morgan fingerprint density at radius 2 is 2.09 bits per heavy atom. The van der Waals surface area contributed by atoms with Crippen LogP contribution in [0.5, 0.6) is 0 Å². The summed E-state index contributed by atoms with van der Waals surface area (Å²) in [6.45, 7) is 8.79. The molecule has 1 fully saturated rings. The van der Waals surface area contributed by atoms with Crippen molar-refractivity contribution in [3.63, 3.8) is 0 Å². The van der Waals surface area contributed by atoms with Crippen molar-refractivity contribution < 1.29 is 13.2 Å². The first-order valence-electron chi connectivity index (χ1n) is 8.01. The number of nitrogens with zero attached hydrogens (tertiary/aromatic N) is 1. The third-order valence-corrected chi connectivity index (χ3v) is 5.69. The van der Waals surface area contributed by atoms with Crippen LogP contribution in [0.25, 0.3) is 0 Å². The number of amides is 1. The highest BCUT2D eigenvalue weighted by atomic mass is 32.2. The summed E-state index contributed by atoms with van der Waals surface area (Å²) >= 11 is 0. The Morgan fingerprint density at radius 3 is 2.65 bits per heavy atom. The van der Waals surface area contributed by atoms with E-state index < -0.39 is 9.84 Å². The maximum Gasteiger partial charge on any atom is 0.251 e. The first-order valence-corrected chi connectivity index (χ1v) is 9.90. The van der Waals surface area contributed by atoms with E-state index in [-0.39, 0.29) is 10.8 Å². The number of nitrogens with one attached hydrogen (secondary N) is 1. The van der Waals surface area contributed by atoms with Crippen LogP contribution in [-0.2, 0) is 9.84 Å². The Kier molecular flexibility index (Phi) is 5.47. The molecule has 1 aliphatic heterocycles. The maximum absolute atomic E-state index is 12.3. The number of benzene rings is 1. The maximum atomic E-state index is 12.3. The second-order valence-corrected chi connectivity index (χ2v) is 8.69. The molecule has 0 saturated carbocycles. The molecule has 1 N–H and O–H groups in total. The van der Waals surface area contributed by atoms with Crippen molar-refractivity contribution in [2.75, 3.05) is 25.9 Å². The largest absolute Gasteiger partial charge is 0.352 e. The monoisotopic (exact) mass is 338 g/mol. The van der Waals surface area contributed by atoms with Gasteiger partial charge in [0, 0.05) is 31.0 Å². The number of rotatable bonds is 5. The van der Waals surface area contributed by atoms with Crippen LogP contribution in [0.1, 0.15) is 36.2 Å². The van der Waals surface area contributed by atoms with E-state index in [1.165, 1.54) is 6.07 Å². The molecule has 0 bridgehead atoms. The van der Waals surface area contributed by atoms with Gasteiger partial charge in [-0.2, -0.15) is 0 Å². The van der Waals surface area contributed by atoms with Crippen LogP contribution in [0.3, 0.4) is 0 Å². The van der Waals surface area contributed by atoms with Crippen molar-refractivity contribution in [3.8, 4) is 0 Å². The van der Waals surface area contributed by atoms with Gasteiger partial charge in [0.05, 0.1) is 4.90 Å². The third kappa shape index (κ3) is 4.54. The molecule has 1 unspecified atom stereocenters. The summed E-state index contributed by atoms with van der Waals surface area (Å²) in [6.07, 6.45) is 2.25. The summed E-state index contributed by atoms with van der Waals surface area (Å²) in [5, 5.41) is 2.94. The van der Waals surface area contributed by atoms with Gasteiger partial charge < -0.3 is 10.2 Å². The fourth-order valence-corrected chi connectivity index (χ4v) is 3.97. The van der Waals surface area contributed by atoms with E-state index in [0.717, 1.165) is 25.8 Å². The zero-order valence-corrected chi connectivity index (χ0v) is 15.1. The van der Waals surface area contributed by atoms with Gasteiger partial charge in [0.15, 0.2) is 9.84 Å². The fraction of sp³-hybridized carbons (Fsp3) is 0.588. The minimum Gasteiger partial charge on any atom is -0.352 e. The van der Waals surface area contributed by atoms with Crippen LogP contribution < -0.4 is 5.32 Å². The highest BCUT2D eigenvalue weighted by molar-refractivity contribution is 7.90. The zero-order valence-electron chi connectivity index (χ0n) is 14.3. The Morgan fingerprint density at radius 1 is 1.39 bits per heavy atom. The van der Waals surface area contributed by atoms with Crippen LogP contribution in [0.4, 0.5) is 0 Å². The quantitative estimate of drug-likeness (QED) is 0.890. The van der Waals surface area contributed by atoms with E-state index in [9.17, 15) is 13.2 Å². The van der Waals surface area contributed by atoms with Crippen molar-refractivity contribution in [3.05, 3.63) is 29.3 Å². The summed E-state index contributed by atoms with van der Waals surface area (Å²) in [6, 6.07) is 5.36. The number of carbonyl (C=O) groups is 1. The Balaban J connectivity index is 1.99. The summed E-state index contributed by atoms with van der Waals surface area (Å²) in [7, 11) is -3.32. The van der Waals surface area contributed by atoms with Gasteiger partial charge in [0.2, 0.25) is 0 Å². The standard InChI is InChI=1S/C17H26N2O3S/c1-12(2)19-8-7-14(11-19)10-18-17(20)15-6-5-13(3)16(9-15)23(4,21)22/h5-6,9,12,14H,7-8,10-11H2,1-4H3,(H,18,20). The van der Waals surface area contributed by atoms with Crippen LogP contribution in [0.15, 0.2) is 23.1 Å². The predicted octanol–water partition coefficient (Wildman–Crippen LogP) is 1.86. The van der Waals surface area contributed by atoms with Gasteiger partial charge in [0.1, 0.15) is 0 Å². The molecule has 1 heterocycles. The lowest BCUT2D eigenvalue weighted by molar-refractivity contribution is 0.0947. The van der Waals surface area contributed by atoms with Crippen molar-refractivity contribution in [2.24, 2.45) is 5.92 Å². The molecule has 1 aromatic rings. The Bertz CT molecular complexity index is 683. The predicted molar refractivity (Wildman–Crippen MR) is 91.4 cm³/mol. The third-order valence-electron chi connectivity index (χ3n) is 4.45. The van der Waals surface area contributed by atoms with E-state index in [4.69, 9.17) is 0 Å². The molecule has 1 atom stereocenters. The SMILES string of the molecule is Cc1ccc(C(=O)NCC2CCN(C(C)C)C2)cc1S(C)(=O)=O. The van der Waals surface area contributed by atoms with Crippen LogP contribution in [0.2, 0.25) is 0 Å². The molecule has 128 valence electrons. The van der Waals surface area contributed by atoms with Crippen molar-refractivity contribution in [1.29, 1.82) is 0 Å². The second kappa shape index (κ2) is 7.01. The van der Waals surface area contributed by atoms with Gasteiger partial charge in [0.25, 0.3) is 5.91 Å². The van der Waals surface area contributed by atoms with E-state index in [0.29, 0.717) is 29.6 Å². The molecule has 6 heteroatoms. The molecule has 1 aliphatic rings. The molecule has 1 amide bonds. The first-order chi connectivity index (χ1) is 10.7. The van der Waals surface area contributed by atoms with Gasteiger partial charge in [-0.15, -0.1) is 0 Å². The van der Waals surface area contributed by atoms with E-state index in [2.05, 4.69) is 24.1 Å². The molecule has 0 radical (unpaired) electrons. The average molecular weight is 338 g/mol. The molecule has 1 saturated heterocycles. The van der Waals surface area contributed by atoms with Crippen molar-refractivity contribution in [2.45, 2.75) is 38.1 Å². The lowest BCUT2D eigenvalue weighted by atomic mass is 10.1. The van der Waals surface area contributed by atoms with Gasteiger partial charge in [-0.05, 0) is 57.4 Å². The molecule has 0 spiro atoms. The van der Waals surface area contributed by atoms with Crippen LogP contribution in [0, 0.1) is 12.8 Å². The molecular weight excluding hydrogens is 312 g/mol. The Hall–Kier alpha value is -1.40. The highest BCUT2D eigenvalue weighted by Gasteiger charge is 2.24. The van der Waals surface area contributed by atoms with Gasteiger partial charge in [-0.1, -0.05) is 6.07 Å². The first kappa shape index (κ1) is 17.9. The van der Waals surface area contributed by atoms with Gasteiger partial charge >= 0.3 is 0 Å². The topological polar surface area (TPSA) is 66.5 Å². The molecular formula is C17H26N2O3S. The average Bonchev–Trinajstić information content (AvgIpc) is 2.93. The van der Waals surface area contributed by atoms with Crippen molar-refractivity contribution >= 4 is 15.7 Å². The Labute approximate surface area is 139 Å². The summed E-state index contributed by atoms with van der Waals surface area (Å²) in [5.74, 6) is 0.249. The van der Waals surface area contributed by atoms with Crippen LogP contribution >= 0.6 is 0 Å². The number of carbonyl (C=O) groups excluding carboxylic acids is 1. The molecule has 0 aliphatic carbocycles. The number of hydrogen-bond donors (Lipinski definition) is 1. The summed E-state index contributed by atoms with van der Waals surface area (Å²) in [4.78, 5) is 14.9. The lowest BCUT2D eigenvalue weighted by Crippen LogP contribution is -2.33. The molecule has 5 nitrogen and oxygen atoms in total. The lowest BCUT2D eigenvalue weighted by Gasteiger charge is -2.20. The van der Waals surface area contributed by atoms with Crippen LogP contribution in [-0.4, -0.2) is 51.2 Å². The number of likely N-dealkylation sites (tertiary alicyclic amines) is 1. The van der Waals surface area contributed by atoms with E-state index in [1.54, 1.807) is 19.1 Å². The van der Waals surface area contributed by atoms with Gasteiger partial charge in [-0.3, -0.25) is 4.79 Å². The zero-order chi connectivity index (χ0) is 17.2.